The van der Waals surface area contributed by atoms with Crippen LogP contribution in [0.15, 0.2) is 29.2 Å². The van der Waals surface area contributed by atoms with Gasteiger partial charge in [0.2, 0.25) is 0 Å². The van der Waals surface area contributed by atoms with Crippen molar-refractivity contribution < 1.29 is 18.6 Å². The lowest BCUT2D eigenvalue weighted by Gasteiger charge is -2.31. The molecule has 1 aromatic carbocycles. The van der Waals surface area contributed by atoms with Crippen LogP contribution in [-0.2, 0) is 9.84 Å². The first kappa shape index (κ1) is 15.9. The van der Waals surface area contributed by atoms with Crippen LogP contribution < -0.4 is 5.32 Å². The SMILES string of the molecule is CCC(CO)(CO)Nc1ccc(S(=O)(=O)CC)cc1. The minimum atomic E-state index is -3.20. The van der Waals surface area contributed by atoms with E-state index in [0.29, 0.717) is 12.1 Å². The summed E-state index contributed by atoms with van der Waals surface area (Å²) < 4.78 is 23.3. The number of anilines is 1. The number of hydrogen-bond acceptors (Lipinski definition) is 5. The minimum absolute atomic E-state index is 0.0615. The van der Waals surface area contributed by atoms with Crippen molar-refractivity contribution in [3.63, 3.8) is 0 Å². The Labute approximate surface area is 114 Å². The predicted octanol–water partition coefficient (Wildman–Crippen LogP) is 1.03. The van der Waals surface area contributed by atoms with Gasteiger partial charge in [-0.3, -0.25) is 0 Å². The van der Waals surface area contributed by atoms with Crippen molar-refractivity contribution in [2.75, 3.05) is 24.3 Å². The Morgan fingerprint density at radius 1 is 1.11 bits per heavy atom. The van der Waals surface area contributed by atoms with Crippen LogP contribution in [0.2, 0.25) is 0 Å². The van der Waals surface area contributed by atoms with Crippen LogP contribution in [0, 0.1) is 0 Å². The molecule has 0 saturated carbocycles. The minimum Gasteiger partial charge on any atom is -0.394 e. The summed E-state index contributed by atoms with van der Waals surface area (Å²) in [5, 5.41) is 21.7. The van der Waals surface area contributed by atoms with Crippen molar-refractivity contribution in [2.45, 2.75) is 30.7 Å². The molecule has 0 fully saturated rings. The molecule has 108 valence electrons. The first-order valence-electron chi connectivity index (χ1n) is 6.25. The Bertz CT molecular complexity index is 484. The van der Waals surface area contributed by atoms with E-state index in [4.69, 9.17) is 0 Å². The van der Waals surface area contributed by atoms with E-state index in [0.717, 1.165) is 0 Å². The van der Waals surface area contributed by atoms with Crippen molar-refractivity contribution in [2.24, 2.45) is 0 Å². The molecule has 0 unspecified atom stereocenters. The van der Waals surface area contributed by atoms with E-state index in [1.807, 2.05) is 6.92 Å². The van der Waals surface area contributed by atoms with Gasteiger partial charge in [-0.2, -0.15) is 0 Å². The molecule has 0 bridgehead atoms. The van der Waals surface area contributed by atoms with Crippen molar-refractivity contribution in [3.8, 4) is 0 Å². The van der Waals surface area contributed by atoms with Gasteiger partial charge < -0.3 is 15.5 Å². The Morgan fingerprint density at radius 3 is 2.00 bits per heavy atom. The average molecular weight is 287 g/mol. The van der Waals surface area contributed by atoms with E-state index < -0.39 is 15.4 Å². The summed E-state index contributed by atoms with van der Waals surface area (Å²) in [6, 6.07) is 6.32. The summed E-state index contributed by atoms with van der Waals surface area (Å²) in [6.07, 6.45) is 0.551. The van der Waals surface area contributed by atoms with E-state index >= 15 is 0 Å². The summed E-state index contributed by atoms with van der Waals surface area (Å²) in [6.45, 7) is 3.06. The Balaban J connectivity index is 2.94. The fourth-order valence-electron chi connectivity index (χ4n) is 1.66. The summed E-state index contributed by atoms with van der Waals surface area (Å²) in [5.41, 5.74) is -0.120. The molecule has 0 aliphatic carbocycles. The van der Waals surface area contributed by atoms with Crippen LogP contribution in [-0.4, -0.2) is 43.1 Å². The van der Waals surface area contributed by atoms with E-state index in [1.165, 1.54) is 12.1 Å². The molecule has 0 radical (unpaired) electrons. The van der Waals surface area contributed by atoms with E-state index in [9.17, 15) is 18.6 Å². The van der Waals surface area contributed by atoms with Gasteiger partial charge in [0.25, 0.3) is 0 Å². The molecule has 0 atom stereocenters. The van der Waals surface area contributed by atoms with Gasteiger partial charge in [0.1, 0.15) is 0 Å². The highest BCUT2D eigenvalue weighted by molar-refractivity contribution is 7.91. The molecule has 6 heteroatoms. The highest BCUT2D eigenvalue weighted by Crippen LogP contribution is 2.20. The summed E-state index contributed by atoms with van der Waals surface area (Å²) in [4.78, 5) is 0.274. The van der Waals surface area contributed by atoms with Gasteiger partial charge in [-0.15, -0.1) is 0 Å². The zero-order valence-electron chi connectivity index (χ0n) is 11.3. The molecule has 0 aromatic heterocycles. The van der Waals surface area contributed by atoms with Gasteiger partial charge in [-0.25, -0.2) is 8.42 Å². The summed E-state index contributed by atoms with van der Waals surface area (Å²) >= 11 is 0. The second kappa shape index (κ2) is 6.36. The standard InChI is InChI=1S/C13H21NO4S/c1-3-13(9-15,10-16)14-11-5-7-12(8-6-11)19(17,18)4-2/h5-8,14-16H,3-4,9-10H2,1-2H3. The van der Waals surface area contributed by atoms with E-state index in [1.54, 1.807) is 19.1 Å². The summed E-state index contributed by atoms with van der Waals surface area (Å²) in [5.74, 6) is 0.0615. The maximum Gasteiger partial charge on any atom is 0.178 e. The lowest BCUT2D eigenvalue weighted by atomic mass is 9.98. The monoisotopic (exact) mass is 287 g/mol. The molecule has 0 aliphatic heterocycles. The molecule has 0 spiro atoms. The number of aliphatic hydroxyl groups excluding tert-OH is 2. The van der Waals surface area contributed by atoms with Gasteiger partial charge in [-0.1, -0.05) is 13.8 Å². The second-order valence-corrected chi connectivity index (χ2v) is 6.78. The molecule has 5 nitrogen and oxygen atoms in total. The first-order valence-corrected chi connectivity index (χ1v) is 7.91. The third-order valence-corrected chi connectivity index (χ3v) is 5.04. The zero-order chi connectivity index (χ0) is 14.5. The van der Waals surface area contributed by atoms with Crippen LogP contribution in [0.5, 0.6) is 0 Å². The quantitative estimate of drug-likeness (QED) is 0.697. The maximum absolute atomic E-state index is 11.7. The van der Waals surface area contributed by atoms with Crippen molar-refractivity contribution in [3.05, 3.63) is 24.3 Å². The Morgan fingerprint density at radius 2 is 1.63 bits per heavy atom. The molecule has 0 amide bonds. The van der Waals surface area contributed by atoms with Gasteiger partial charge >= 0.3 is 0 Å². The molecular formula is C13H21NO4S. The van der Waals surface area contributed by atoms with Gasteiger partial charge in [-0.05, 0) is 30.7 Å². The largest absolute Gasteiger partial charge is 0.394 e. The lowest BCUT2D eigenvalue weighted by Crippen LogP contribution is -2.45. The Hall–Kier alpha value is -1.11. The predicted molar refractivity (Wildman–Crippen MR) is 75.0 cm³/mol. The maximum atomic E-state index is 11.7. The van der Waals surface area contributed by atoms with Crippen LogP contribution in [0.4, 0.5) is 5.69 Å². The molecule has 0 heterocycles. The fourth-order valence-corrected chi connectivity index (χ4v) is 2.54. The van der Waals surface area contributed by atoms with Crippen LogP contribution in [0.3, 0.4) is 0 Å². The number of rotatable bonds is 7. The molecule has 1 aromatic rings. The van der Waals surface area contributed by atoms with Crippen molar-refractivity contribution >= 4 is 15.5 Å². The van der Waals surface area contributed by atoms with E-state index in [-0.39, 0.29) is 23.9 Å². The van der Waals surface area contributed by atoms with E-state index in [2.05, 4.69) is 5.32 Å². The number of aliphatic hydroxyl groups is 2. The topological polar surface area (TPSA) is 86.6 Å². The number of sulfone groups is 1. The number of hydrogen-bond donors (Lipinski definition) is 3. The van der Waals surface area contributed by atoms with Gasteiger partial charge in [0.15, 0.2) is 9.84 Å². The highest BCUT2D eigenvalue weighted by atomic mass is 32.2. The second-order valence-electron chi connectivity index (χ2n) is 4.50. The number of nitrogens with one attached hydrogen (secondary N) is 1. The summed E-state index contributed by atoms with van der Waals surface area (Å²) in [7, 11) is -3.20. The number of benzene rings is 1. The van der Waals surface area contributed by atoms with Gasteiger partial charge in [0.05, 0.1) is 29.4 Å². The molecule has 19 heavy (non-hydrogen) atoms. The van der Waals surface area contributed by atoms with Crippen molar-refractivity contribution in [1.82, 2.24) is 0 Å². The molecular weight excluding hydrogens is 266 g/mol. The fraction of sp³-hybridized carbons (Fsp3) is 0.538. The smallest absolute Gasteiger partial charge is 0.178 e. The van der Waals surface area contributed by atoms with Crippen LogP contribution in [0.25, 0.3) is 0 Å². The van der Waals surface area contributed by atoms with Crippen LogP contribution >= 0.6 is 0 Å². The Kier molecular flexibility index (Phi) is 5.34. The molecule has 0 aliphatic rings. The van der Waals surface area contributed by atoms with Crippen LogP contribution in [0.1, 0.15) is 20.3 Å². The first-order chi connectivity index (χ1) is 8.93. The third-order valence-electron chi connectivity index (χ3n) is 3.29. The zero-order valence-corrected chi connectivity index (χ0v) is 12.1. The lowest BCUT2D eigenvalue weighted by molar-refractivity contribution is 0.132. The third kappa shape index (κ3) is 3.68. The molecule has 1 rings (SSSR count). The highest BCUT2D eigenvalue weighted by Gasteiger charge is 2.26. The molecule has 3 N–H and O–H groups in total. The van der Waals surface area contributed by atoms with Gasteiger partial charge in [0, 0.05) is 5.69 Å². The average Bonchev–Trinajstić information content (AvgIpc) is 2.45. The molecule has 0 saturated heterocycles. The normalized spacial score (nSPS) is 12.4. The van der Waals surface area contributed by atoms with Crippen molar-refractivity contribution in [1.29, 1.82) is 0 Å².